The molecule has 3 fully saturated rings. The van der Waals surface area contributed by atoms with E-state index in [0.29, 0.717) is 18.4 Å². The molecule has 0 amide bonds. The number of fused-ring (bicyclic) bond motifs is 7. The number of aliphatic hydroxyl groups is 2. The van der Waals surface area contributed by atoms with Gasteiger partial charge < -0.3 is 14.9 Å². The van der Waals surface area contributed by atoms with Gasteiger partial charge in [0.1, 0.15) is 11.4 Å². The molecule has 0 saturated heterocycles. The van der Waals surface area contributed by atoms with E-state index >= 15 is 0 Å². The molecule has 0 bridgehead atoms. The number of carbonyl (C=O) groups excluding carboxylic acids is 1. The lowest BCUT2D eigenvalue weighted by Gasteiger charge is -2.60. The Labute approximate surface area is 261 Å². The molecule has 6 unspecified atom stereocenters. The molecule has 0 spiro atoms. The molecule has 8 nitrogen and oxygen atoms in total. The minimum Gasteiger partial charge on any atom is -0.468 e. The van der Waals surface area contributed by atoms with Gasteiger partial charge in [0.25, 0.3) is 0 Å². The zero-order valence-electron chi connectivity index (χ0n) is 25.5. The van der Waals surface area contributed by atoms with Crippen molar-refractivity contribution in [2.75, 3.05) is 6.61 Å². The van der Waals surface area contributed by atoms with Crippen molar-refractivity contribution in [1.82, 2.24) is 19.7 Å². The van der Waals surface area contributed by atoms with E-state index in [1.807, 2.05) is 42.1 Å². The normalized spacial score (nSPS) is 33.5. The van der Waals surface area contributed by atoms with Gasteiger partial charge >= 0.3 is 0 Å². The van der Waals surface area contributed by atoms with Gasteiger partial charge in [0, 0.05) is 5.41 Å². The average Bonchev–Trinajstić information content (AvgIpc) is 3.55. The van der Waals surface area contributed by atoms with Crippen LogP contribution in [0.2, 0.25) is 0 Å². The zero-order valence-corrected chi connectivity index (χ0v) is 25.5. The fourth-order valence-electron chi connectivity index (χ4n) is 9.70. The average molecular weight is 609 g/mol. The van der Waals surface area contributed by atoms with Crippen molar-refractivity contribution in [3.8, 4) is 11.6 Å². The first-order valence-corrected chi connectivity index (χ1v) is 15.9. The standard InChI is InChI=1S/C36H37FN4O4/c1-34-16-21-18-39-41(24-10-8-23(37)9-11-24)29(21)15-22(34)7-12-25-26-13-14-36(44,35(26,2)17-30(42)33(25)34)31(43)20-45-32-19-38-27-5-3-4-6-28(27)40-32/h3-6,8-11,15,18-19,25-26,30,33,42,44H,7,12-14,16-17,20H2,1-2H3/t25?,26?,30?,33?,34?,35?,36-/m0/s1. The summed E-state index contributed by atoms with van der Waals surface area (Å²) in [6.07, 6.45) is 8.89. The molecule has 4 aliphatic rings. The highest BCUT2D eigenvalue weighted by molar-refractivity contribution is 5.90. The molecule has 0 radical (unpaired) electrons. The molecule has 2 N–H and O–H groups in total. The van der Waals surface area contributed by atoms with Gasteiger partial charge in [0.15, 0.2) is 6.61 Å². The highest BCUT2D eigenvalue weighted by atomic mass is 19.1. The van der Waals surface area contributed by atoms with Crippen LogP contribution < -0.4 is 4.74 Å². The lowest BCUT2D eigenvalue weighted by atomic mass is 9.45. The Hall–Kier alpha value is -3.95. The number of aromatic nitrogens is 4. The van der Waals surface area contributed by atoms with Crippen molar-refractivity contribution in [2.45, 2.75) is 64.1 Å². The molecule has 4 aliphatic carbocycles. The number of para-hydroxylation sites is 2. The Balaban J connectivity index is 1.04. The summed E-state index contributed by atoms with van der Waals surface area (Å²) in [5.74, 6) is -0.140. The Morgan fingerprint density at radius 1 is 1.09 bits per heavy atom. The number of nitrogens with zero attached hydrogens (tertiary/aromatic N) is 4. The van der Waals surface area contributed by atoms with Crippen molar-refractivity contribution in [1.29, 1.82) is 0 Å². The van der Waals surface area contributed by atoms with Crippen molar-refractivity contribution in [3.05, 3.63) is 83.6 Å². The predicted octanol–water partition coefficient (Wildman–Crippen LogP) is 5.49. The number of carbonyl (C=O) groups is 1. The van der Waals surface area contributed by atoms with Crippen LogP contribution in [0.3, 0.4) is 0 Å². The molecule has 0 aliphatic heterocycles. The molecular weight excluding hydrogens is 571 g/mol. The number of ether oxygens (including phenoxy) is 1. The number of ketones is 1. The molecule has 2 aromatic carbocycles. The molecule has 232 valence electrons. The third kappa shape index (κ3) is 4.16. The van der Waals surface area contributed by atoms with Crippen LogP contribution in [-0.2, 0) is 11.2 Å². The SMILES string of the molecule is CC12Cc3cnn(-c4ccc(F)cc4)c3C=C1CCC1C2C(O)CC2(C)C1CC[C@]2(O)C(=O)COc1cnc2ccccc2n1. The molecule has 8 rings (SSSR count). The van der Waals surface area contributed by atoms with Crippen LogP contribution in [0.15, 0.2) is 66.5 Å². The van der Waals surface area contributed by atoms with Gasteiger partial charge in [-0.05, 0) is 110 Å². The predicted molar refractivity (Wildman–Crippen MR) is 166 cm³/mol. The Bertz CT molecular complexity index is 1860. The number of hydrogen-bond acceptors (Lipinski definition) is 7. The number of Topliss-reactive ketones (excluding diaryl/α,β-unsaturated/α-hetero) is 1. The molecule has 45 heavy (non-hydrogen) atoms. The number of rotatable bonds is 5. The summed E-state index contributed by atoms with van der Waals surface area (Å²) in [6.45, 7) is 3.96. The fourth-order valence-corrected chi connectivity index (χ4v) is 9.70. The van der Waals surface area contributed by atoms with E-state index in [9.17, 15) is 19.4 Å². The number of aliphatic hydroxyl groups excluding tert-OH is 1. The van der Waals surface area contributed by atoms with Gasteiger partial charge in [-0.25, -0.2) is 19.0 Å². The van der Waals surface area contributed by atoms with Gasteiger partial charge in [-0.2, -0.15) is 5.10 Å². The first kappa shape index (κ1) is 28.5. The number of halogens is 1. The van der Waals surface area contributed by atoms with E-state index < -0.39 is 17.1 Å². The molecule has 2 aromatic heterocycles. The van der Waals surface area contributed by atoms with Crippen molar-refractivity contribution >= 4 is 22.9 Å². The van der Waals surface area contributed by atoms with Crippen LogP contribution in [0.4, 0.5) is 4.39 Å². The van der Waals surface area contributed by atoms with Crippen LogP contribution in [0.25, 0.3) is 22.8 Å². The quantitative estimate of drug-likeness (QED) is 0.309. The summed E-state index contributed by atoms with van der Waals surface area (Å²) in [7, 11) is 0. The van der Waals surface area contributed by atoms with E-state index in [4.69, 9.17) is 4.74 Å². The first-order valence-electron chi connectivity index (χ1n) is 15.9. The maximum absolute atomic E-state index is 13.8. The second kappa shape index (κ2) is 10.0. The largest absolute Gasteiger partial charge is 0.468 e. The maximum atomic E-state index is 13.8. The van der Waals surface area contributed by atoms with Gasteiger partial charge in [0.05, 0.1) is 40.9 Å². The first-order chi connectivity index (χ1) is 21.6. The van der Waals surface area contributed by atoms with Crippen LogP contribution in [0, 0.1) is 34.4 Å². The lowest BCUT2D eigenvalue weighted by molar-refractivity contribution is -0.180. The van der Waals surface area contributed by atoms with Crippen molar-refractivity contribution in [3.63, 3.8) is 0 Å². The molecule has 4 aromatic rings. The zero-order chi connectivity index (χ0) is 31.1. The van der Waals surface area contributed by atoms with Gasteiger partial charge in [-0.3, -0.25) is 4.79 Å². The van der Waals surface area contributed by atoms with Crippen LogP contribution >= 0.6 is 0 Å². The smallest absolute Gasteiger partial charge is 0.233 e. The third-order valence-corrected chi connectivity index (χ3v) is 11.9. The van der Waals surface area contributed by atoms with Gasteiger partial charge in [0.2, 0.25) is 11.7 Å². The number of allylic oxidation sites excluding steroid dienone is 1. The number of hydrogen-bond donors (Lipinski definition) is 2. The highest BCUT2D eigenvalue weighted by Crippen LogP contribution is 2.67. The van der Waals surface area contributed by atoms with E-state index in [-0.39, 0.29) is 47.3 Å². The Morgan fingerprint density at radius 3 is 2.67 bits per heavy atom. The van der Waals surface area contributed by atoms with E-state index in [1.54, 1.807) is 12.1 Å². The summed E-state index contributed by atoms with van der Waals surface area (Å²) >= 11 is 0. The molecule has 3 saturated carbocycles. The maximum Gasteiger partial charge on any atom is 0.233 e. The Kier molecular flexibility index (Phi) is 6.35. The fraction of sp³-hybridized carbons (Fsp3) is 0.444. The highest BCUT2D eigenvalue weighted by Gasteiger charge is 2.68. The second-order valence-electron chi connectivity index (χ2n) is 14.0. The number of benzene rings is 2. The van der Waals surface area contributed by atoms with Crippen molar-refractivity contribution < 1.29 is 24.1 Å². The topological polar surface area (TPSA) is 110 Å². The summed E-state index contributed by atoms with van der Waals surface area (Å²) < 4.78 is 21.3. The molecule has 9 heteroatoms. The van der Waals surface area contributed by atoms with E-state index in [2.05, 4.69) is 28.1 Å². The molecule has 2 heterocycles. The summed E-state index contributed by atoms with van der Waals surface area (Å²) in [5.41, 5.74) is 3.02. The minimum absolute atomic E-state index is 0.000489. The van der Waals surface area contributed by atoms with E-state index in [0.717, 1.165) is 48.1 Å². The second-order valence-corrected chi connectivity index (χ2v) is 14.0. The van der Waals surface area contributed by atoms with Gasteiger partial charge in [-0.15, -0.1) is 0 Å². The summed E-state index contributed by atoms with van der Waals surface area (Å²) in [5, 5.41) is 28.7. The van der Waals surface area contributed by atoms with Crippen LogP contribution in [-0.4, -0.2) is 54.1 Å². The van der Waals surface area contributed by atoms with E-state index in [1.165, 1.54) is 23.9 Å². The minimum atomic E-state index is -1.60. The monoisotopic (exact) mass is 608 g/mol. The van der Waals surface area contributed by atoms with Crippen LogP contribution in [0.5, 0.6) is 5.88 Å². The molecule has 7 atom stereocenters. The lowest BCUT2D eigenvalue weighted by Crippen LogP contribution is -2.62. The Morgan fingerprint density at radius 2 is 1.87 bits per heavy atom. The summed E-state index contributed by atoms with van der Waals surface area (Å²) in [6, 6.07) is 13.8. The third-order valence-electron chi connectivity index (χ3n) is 11.9. The molecular formula is C36H37FN4O4. The van der Waals surface area contributed by atoms with Crippen molar-refractivity contribution in [2.24, 2.45) is 28.6 Å². The van der Waals surface area contributed by atoms with Crippen LogP contribution in [0.1, 0.15) is 57.2 Å². The summed E-state index contributed by atoms with van der Waals surface area (Å²) in [4.78, 5) is 22.6. The van der Waals surface area contributed by atoms with Gasteiger partial charge in [-0.1, -0.05) is 31.6 Å².